The van der Waals surface area contributed by atoms with Crippen molar-refractivity contribution >= 4 is 11.9 Å². The minimum absolute atomic E-state index is 0.323. The van der Waals surface area contributed by atoms with Gasteiger partial charge >= 0.3 is 11.9 Å². The number of aliphatic carboxylic acids is 1. The number of esters is 1. The maximum absolute atomic E-state index is 10.7. The monoisotopic (exact) mass is 396 g/mol. The summed E-state index contributed by atoms with van der Waals surface area (Å²) in [5.74, 6) is -0.0420. The van der Waals surface area contributed by atoms with Crippen molar-refractivity contribution in [1.82, 2.24) is 0 Å². The zero-order valence-corrected chi connectivity index (χ0v) is 19.6. The Kier molecular flexibility index (Phi) is 13.9. The second kappa shape index (κ2) is 13.6. The van der Waals surface area contributed by atoms with Crippen LogP contribution in [0.4, 0.5) is 0 Å². The van der Waals surface area contributed by atoms with Crippen LogP contribution in [0.2, 0.25) is 0 Å². The third-order valence-electron chi connectivity index (χ3n) is 4.18. The Labute approximate surface area is 173 Å². The van der Waals surface area contributed by atoms with E-state index in [1.54, 1.807) is 0 Å². The number of rotatable bonds is 10. The van der Waals surface area contributed by atoms with Gasteiger partial charge in [-0.3, -0.25) is 0 Å². The average molecular weight is 397 g/mol. The minimum Gasteiger partial charge on any atom is -0.478 e. The van der Waals surface area contributed by atoms with Crippen LogP contribution in [-0.4, -0.2) is 23.7 Å². The molecule has 28 heavy (non-hydrogen) atoms. The summed E-state index contributed by atoms with van der Waals surface area (Å²) in [5.41, 5.74) is 0.997. The molecule has 0 aliphatic rings. The average Bonchev–Trinajstić information content (AvgIpc) is 2.49. The van der Waals surface area contributed by atoms with Gasteiger partial charge in [-0.25, -0.2) is 9.59 Å². The number of carbonyl (C=O) groups is 2. The Morgan fingerprint density at radius 3 is 1.75 bits per heavy atom. The van der Waals surface area contributed by atoms with Gasteiger partial charge in [-0.05, 0) is 54.8 Å². The van der Waals surface area contributed by atoms with Gasteiger partial charge in [0.05, 0.1) is 6.61 Å². The molecule has 0 aliphatic heterocycles. The molecule has 0 spiro atoms. The van der Waals surface area contributed by atoms with Gasteiger partial charge in [0, 0.05) is 11.6 Å². The second-order valence-corrected chi connectivity index (χ2v) is 10.3. The smallest absolute Gasteiger partial charge is 0.330 e. The van der Waals surface area contributed by atoms with E-state index in [2.05, 4.69) is 68.5 Å². The van der Waals surface area contributed by atoms with Crippen molar-refractivity contribution in [2.24, 2.45) is 22.7 Å². The molecule has 0 amide bonds. The molecular weight excluding hydrogens is 352 g/mol. The van der Waals surface area contributed by atoms with Crippen molar-refractivity contribution in [3.63, 3.8) is 0 Å². The maximum atomic E-state index is 10.7. The van der Waals surface area contributed by atoms with E-state index in [4.69, 9.17) is 9.84 Å². The quantitative estimate of drug-likeness (QED) is 0.331. The van der Waals surface area contributed by atoms with Crippen LogP contribution >= 0.6 is 0 Å². The Hall–Kier alpha value is -1.58. The van der Waals surface area contributed by atoms with E-state index in [-0.39, 0.29) is 5.97 Å². The lowest BCUT2D eigenvalue weighted by Gasteiger charge is -2.23. The molecule has 0 rings (SSSR count). The highest BCUT2D eigenvalue weighted by Crippen LogP contribution is 2.27. The molecule has 4 nitrogen and oxygen atoms in total. The van der Waals surface area contributed by atoms with Crippen LogP contribution in [-0.2, 0) is 14.3 Å². The first-order valence-corrected chi connectivity index (χ1v) is 10.3. The first-order chi connectivity index (χ1) is 12.6. The molecule has 0 aliphatic carbocycles. The van der Waals surface area contributed by atoms with E-state index < -0.39 is 5.97 Å². The summed E-state index contributed by atoms with van der Waals surface area (Å²) in [6.07, 6.45) is 5.93. The van der Waals surface area contributed by atoms with Gasteiger partial charge < -0.3 is 9.84 Å². The van der Waals surface area contributed by atoms with Crippen LogP contribution in [0.25, 0.3) is 0 Å². The van der Waals surface area contributed by atoms with Crippen molar-refractivity contribution in [2.75, 3.05) is 6.61 Å². The normalized spacial score (nSPS) is 13.6. The third-order valence-corrected chi connectivity index (χ3v) is 4.18. The third kappa shape index (κ3) is 20.7. The molecule has 1 N–H and O–H groups in total. The molecular formula is C24H44O4. The summed E-state index contributed by atoms with van der Waals surface area (Å²) in [6.45, 7) is 25.0. The summed E-state index contributed by atoms with van der Waals surface area (Å²) < 4.78 is 4.92. The highest BCUT2D eigenvalue weighted by molar-refractivity contribution is 5.85. The van der Waals surface area contributed by atoms with Gasteiger partial charge in [-0.1, -0.05) is 68.5 Å². The van der Waals surface area contributed by atoms with E-state index >= 15 is 0 Å². The highest BCUT2D eigenvalue weighted by Gasteiger charge is 2.16. The molecule has 4 heteroatoms. The van der Waals surface area contributed by atoms with Crippen LogP contribution in [0.3, 0.4) is 0 Å². The van der Waals surface area contributed by atoms with Crippen LogP contribution < -0.4 is 0 Å². The SMILES string of the molecule is C=C(CCC(C)CC(C)(C)C)C(=O)O.C=CC(=O)OCCC(C)CC(C)(C)C. The molecule has 0 radical (unpaired) electrons. The van der Waals surface area contributed by atoms with Gasteiger partial charge in [0.25, 0.3) is 0 Å². The Morgan fingerprint density at radius 2 is 1.39 bits per heavy atom. The van der Waals surface area contributed by atoms with E-state index in [0.29, 0.717) is 41.3 Å². The second-order valence-electron chi connectivity index (χ2n) is 10.3. The fourth-order valence-electron chi connectivity index (χ4n) is 3.24. The molecule has 0 saturated heterocycles. The molecule has 2 atom stereocenters. The summed E-state index contributed by atoms with van der Waals surface area (Å²) in [7, 11) is 0. The lowest BCUT2D eigenvalue weighted by atomic mass is 9.83. The first-order valence-electron chi connectivity index (χ1n) is 10.3. The van der Waals surface area contributed by atoms with Gasteiger partial charge in [0.2, 0.25) is 0 Å². The van der Waals surface area contributed by atoms with Gasteiger partial charge in [0.15, 0.2) is 0 Å². The molecule has 0 aromatic carbocycles. The largest absolute Gasteiger partial charge is 0.478 e. The summed E-state index contributed by atoms with van der Waals surface area (Å²) in [4.78, 5) is 21.2. The Morgan fingerprint density at radius 1 is 0.964 bits per heavy atom. The number of hydrogen-bond acceptors (Lipinski definition) is 3. The zero-order chi connectivity index (χ0) is 22.5. The van der Waals surface area contributed by atoms with Crippen molar-refractivity contribution in [3.8, 4) is 0 Å². The first kappa shape index (κ1) is 28.6. The van der Waals surface area contributed by atoms with Crippen LogP contribution in [0.1, 0.15) is 87.5 Å². The standard InChI is InChI=1S/2C12H22O2/c1-9(8-12(3,4)5)6-7-10(2)11(13)14;1-6-11(13)14-8-7-10(2)9-12(3,4)5/h9H,2,6-8H2,1,3-5H3,(H,13,14);6,10H,1,7-9H2,2-5H3. The van der Waals surface area contributed by atoms with Gasteiger partial charge in [-0.15, -0.1) is 0 Å². The fourth-order valence-corrected chi connectivity index (χ4v) is 3.24. The minimum atomic E-state index is -0.868. The van der Waals surface area contributed by atoms with Crippen LogP contribution in [0.15, 0.2) is 24.8 Å². The number of carbonyl (C=O) groups excluding carboxylic acids is 1. The van der Waals surface area contributed by atoms with E-state index in [9.17, 15) is 9.59 Å². The van der Waals surface area contributed by atoms with E-state index in [0.717, 1.165) is 25.7 Å². The maximum Gasteiger partial charge on any atom is 0.330 e. The Balaban J connectivity index is 0. The summed E-state index contributed by atoms with van der Waals surface area (Å²) in [6, 6.07) is 0. The van der Waals surface area contributed by atoms with Gasteiger partial charge in [0.1, 0.15) is 0 Å². The molecule has 2 unspecified atom stereocenters. The molecule has 0 aromatic rings. The van der Waals surface area contributed by atoms with Crippen LogP contribution in [0.5, 0.6) is 0 Å². The van der Waals surface area contributed by atoms with E-state index in [1.807, 2.05) is 0 Å². The topological polar surface area (TPSA) is 63.6 Å². The van der Waals surface area contributed by atoms with Crippen molar-refractivity contribution in [1.29, 1.82) is 0 Å². The molecule has 0 heterocycles. The molecule has 0 aromatic heterocycles. The van der Waals surface area contributed by atoms with Gasteiger partial charge in [-0.2, -0.15) is 0 Å². The van der Waals surface area contributed by atoms with Crippen molar-refractivity contribution < 1.29 is 19.4 Å². The van der Waals surface area contributed by atoms with E-state index in [1.165, 1.54) is 6.08 Å². The number of hydrogen-bond donors (Lipinski definition) is 1. The van der Waals surface area contributed by atoms with Crippen molar-refractivity contribution in [2.45, 2.75) is 87.5 Å². The van der Waals surface area contributed by atoms with Crippen molar-refractivity contribution in [3.05, 3.63) is 24.8 Å². The molecule has 164 valence electrons. The van der Waals surface area contributed by atoms with Crippen LogP contribution in [0, 0.1) is 22.7 Å². The lowest BCUT2D eigenvalue weighted by Crippen LogP contribution is -2.13. The molecule has 0 bridgehead atoms. The number of carboxylic acid groups (broad SMARTS) is 1. The summed E-state index contributed by atoms with van der Waals surface area (Å²) in [5, 5.41) is 8.63. The highest BCUT2D eigenvalue weighted by atomic mass is 16.5. The fraction of sp³-hybridized carbons (Fsp3) is 0.750. The Bertz CT molecular complexity index is 490. The molecule has 0 fully saturated rings. The number of carboxylic acids is 1. The zero-order valence-electron chi connectivity index (χ0n) is 19.6. The predicted molar refractivity (Wildman–Crippen MR) is 118 cm³/mol. The lowest BCUT2D eigenvalue weighted by molar-refractivity contribution is -0.138. The predicted octanol–water partition coefficient (Wildman–Crippen LogP) is 6.66. The molecule has 0 saturated carbocycles. The number of ether oxygens (including phenoxy) is 1. The summed E-state index contributed by atoms with van der Waals surface area (Å²) >= 11 is 0.